The number of aliphatic hydroxyl groups is 1. The van der Waals surface area contributed by atoms with Gasteiger partial charge in [0.1, 0.15) is 0 Å². The Morgan fingerprint density at radius 1 is 1.43 bits per heavy atom. The van der Waals surface area contributed by atoms with Crippen molar-refractivity contribution in [3.05, 3.63) is 23.0 Å². The lowest BCUT2D eigenvalue weighted by atomic mass is 10.1. The highest BCUT2D eigenvalue weighted by Gasteiger charge is 2.16. The Kier molecular flexibility index (Phi) is 3.30. The van der Waals surface area contributed by atoms with Crippen molar-refractivity contribution in [1.82, 2.24) is 0 Å². The Morgan fingerprint density at radius 2 is 2.07 bits per heavy atom. The number of hydrogen-bond donors (Lipinski definition) is 2. The van der Waals surface area contributed by atoms with E-state index >= 15 is 0 Å². The predicted molar refractivity (Wildman–Crippen MR) is 49.9 cm³/mol. The number of benzene rings is 1. The van der Waals surface area contributed by atoms with Gasteiger partial charge in [0.25, 0.3) is 0 Å². The smallest absolute Gasteiger partial charge is 0.207 e. The zero-order valence-corrected chi connectivity index (χ0v) is 8.17. The first-order valence-corrected chi connectivity index (χ1v) is 4.33. The number of ether oxygens (including phenoxy) is 1. The predicted octanol–water partition coefficient (Wildman–Crippen LogP) is 1.59. The first-order valence-electron chi connectivity index (χ1n) is 4.33. The van der Waals surface area contributed by atoms with Gasteiger partial charge in [0.15, 0.2) is 11.5 Å². The van der Waals surface area contributed by atoms with Crippen molar-refractivity contribution in [2.24, 2.45) is 0 Å². The van der Waals surface area contributed by atoms with Gasteiger partial charge in [-0.2, -0.15) is 4.39 Å². The van der Waals surface area contributed by atoms with Gasteiger partial charge in [0.05, 0.1) is 13.7 Å². The van der Waals surface area contributed by atoms with Crippen molar-refractivity contribution in [3.63, 3.8) is 0 Å². The molecule has 0 aliphatic carbocycles. The molecule has 0 heterocycles. The van der Waals surface area contributed by atoms with Gasteiger partial charge in [-0.1, -0.05) is 6.92 Å². The molecular weight excluding hydrogens is 187 g/mol. The molecule has 3 nitrogen and oxygen atoms in total. The van der Waals surface area contributed by atoms with Gasteiger partial charge < -0.3 is 14.9 Å². The maximum absolute atomic E-state index is 13.4. The molecule has 0 aliphatic heterocycles. The molecule has 0 radical (unpaired) electrons. The van der Waals surface area contributed by atoms with Gasteiger partial charge in [0, 0.05) is 5.56 Å². The van der Waals surface area contributed by atoms with Crippen molar-refractivity contribution in [2.75, 3.05) is 7.11 Å². The fourth-order valence-electron chi connectivity index (χ4n) is 1.34. The standard InChI is InChI=1S/C10H13FO3/c1-3-6-4-7(5-12)9(13)8(11)10(6)14-2/h4,12-13H,3,5H2,1-2H3. The molecule has 78 valence electrons. The molecule has 4 heteroatoms. The van der Waals surface area contributed by atoms with Crippen LogP contribution in [0, 0.1) is 5.82 Å². The van der Waals surface area contributed by atoms with Crippen molar-refractivity contribution in [1.29, 1.82) is 0 Å². The molecular formula is C10H13FO3. The maximum Gasteiger partial charge on any atom is 0.207 e. The molecule has 2 N–H and O–H groups in total. The lowest BCUT2D eigenvalue weighted by Gasteiger charge is -2.11. The zero-order chi connectivity index (χ0) is 10.7. The van der Waals surface area contributed by atoms with Crippen molar-refractivity contribution in [3.8, 4) is 11.5 Å². The molecule has 0 aliphatic rings. The summed E-state index contributed by atoms with van der Waals surface area (Å²) in [6.45, 7) is 1.45. The van der Waals surface area contributed by atoms with E-state index in [-0.39, 0.29) is 17.9 Å². The van der Waals surface area contributed by atoms with Crippen LogP contribution in [0.25, 0.3) is 0 Å². The highest BCUT2D eigenvalue weighted by molar-refractivity contribution is 5.47. The Hall–Kier alpha value is -1.29. The number of hydrogen-bond acceptors (Lipinski definition) is 3. The topological polar surface area (TPSA) is 49.7 Å². The summed E-state index contributed by atoms with van der Waals surface area (Å²) in [5.74, 6) is -1.31. The molecule has 0 aromatic heterocycles. The van der Waals surface area contributed by atoms with E-state index in [2.05, 4.69) is 0 Å². The van der Waals surface area contributed by atoms with Crippen LogP contribution in [0.2, 0.25) is 0 Å². The summed E-state index contributed by atoms with van der Waals surface area (Å²) >= 11 is 0. The zero-order valence-electron chi connectivity index (χ0n) is 8.17. The minimum Gasteiger partial charge on any atom is -0.504 e. The van der Waals surface area contributed by atoms with Gasteiger partial charge in [-0.3, -0.25) is 0 Å². The van der Waals surface area contributed by atoms with Crippen LogP contribution in [0.1, 0.15) is 18.1 Å². The lowest BCUT2D eigenvalue weighted by Crippen LogP contribution is -1.98. The molecule has 0 atom stereocenters. The Morgan fingerprint density at radius 3 is 2.50 bits per heavy atom. The molecule has 1 rings (SSSR count). The molecule has 0 saturated carbocycles. The van der Waals surface area contributed by atoms with Crippen LogP contribution in [-0.2, 0) is 13.0 Å². The Balaban J connectivity index is 3.38. The number of aromatic hydroxyl groups is 1. The number of methoxy groups -OCH3 is 1. The van der Waals surface area contributed by atoms with E-state index in [0.717, 1.165) is 0 Å². The number of phenols is 1. The summed E-state index contributed by atoms with van der Waals surface area (Å²) in [6, 6.07) is 1.54. The van der Waals surface area contributed by atoms with Crippen LogP contribution < -0.4 is 4.74 Å². The molecule has 0 amide bonds. The van der Waals surface area contributed by atoms with Crippen molar-refractivity contribution < 1.29 is 19.3 Å². The summed E-state index contributed by atoms with van der Waals surface area (Å²) in [4.78, 5) is 0. The molecule has 0 fully saturated rings. The Bertz CT molecular complexity index is 337. The molecule has 0 unspecified atom stereocenters. The number of rotatable bonds is 3. The summed E-state index contributed by atoms with van der Waals surface area (Å²) in [5, 5.41) is 18.2. The van der Waals surface area contributed by atoms with E-state index in [0.29, 0.717) is 12.0 Å². The minimum atomic E-state index is -0.809. The van der Waals surface area contributed by atoms with E-state index in [9.17, 15) is 9.50 Å². The molecule has 1 aromatic carbocycles. The van der Waals surface area contributed by atoms with Crippen LogP contribution in [-0.4, -0.2) is 17.3 Å². The van der Waals surface area contributed by atoms with E-state index in [1.165, 1.54) is 13.2 Å². The van der Waals surface area contributed by atoms with Crippen LogP contribution in [0.15, 0.2) is 6.07 Å². The fraction of sp³-hybridized carbons (Fsp3) is 0.400. The monoisotopic (exact) mass is 200 g/mol. The van der Waals surface area contributed by atoms with Crippen LogP contribution >= 0.6 is 0 Å². The van der Waals surface area contributed by atoms with Crippen molar-refractivity contribution >= 4 is 0 Å². The second-order valence-electron chi connectivity index (χ2n) is 2.90. The maximum atomic E-state index is 13.4. The van der Waals surface area contributed by atoms with Crippen LogP contribution in [0.5, 0.6) is 11.5 Å². The van der Waals surface area contributed by atoms with Gasteiger partial charge in [-0.15, -0.1) is 0 Å². The number of aliphatic hydroxyl groups excluding tert-OH is 1. The molecule has 14 heavy (non-hydrogen) atoms. The average molecular weight is 200 g/mol. The highest BCUT2D eigenvalue weighted by atomic mass is 19.1. The summed E-state index contributed by atoms with van der Waals surface area (Å²) in [7, 11) is 1.34. The van der Waals surface area contributed by atoms with Crippen LogP contribution in [0.4, 0.5) is 4.39 Å². The van der Waals surface area contributed by atoms with E-state index in [1.54, 1.807) is 0 Å². The first-order chi connectivity index (χ1) is 6.65. The molecule has 0 spiro atoms. The fourth-order valence-corrected chi connectivity index (χ4v) is 1.34. The van der Waals surface area contributed by atoms with Crippen molar-refractivity contribution in [2.45, 2.75) is 20.0 Å². The molecule has 0 bridgehead atoms. The number of aryl methyl sites for hydroxylation is 1. The Labute approximate surface area is 81.8 Å². The molecule has 1 aromatic rings. The average Bonchev–Trinajstić information content (AvgIpc) is 2.21. The third-order valence-corrected chi connectivity index (χ3v) is 2.11. The first kappa shape index (κ1) is 10.8. The van der Waals surface area contributed by atoms with Gasteiger partial charge >= 0.3 is 0 Å². The normalized spacial score (nSPS) is 10.3. The van der Waals surface area contributed by atoms with Crippen LogP contribution in [0.3, 0.4) is 0 Å². The van der Waals surface area contributed by atoms with E-state index in [4.69, 9.17) is 9.84 Å². The number of halogens is 1. The summed E-state index contributed by atoms with van der Waals surface area (Å²) in [6.07, 6.45) is 0.577. The van der Waals surface area contributed by atoms with Gasteiger partial charge in [-0.25, -0.2) is 0 Å². The third kappa shape index (κ3) is 1.65. The largest absolute Gasteiger partial charge is 0.504 e. The minimum absolute atomic E-state index is 0.0437. The lowest BCUT2D eigenvalue weighted by molar-refractivity contribution is 0.271. The molecule has 0 saturated heterocycles. The summed E-state index contributed by atoms with van der Waals surface area (Å²) < 4.78 is 18.2. The third-order valence-electron chi connectivity index (χ3n) is 2.11. The summed E-state index contributed by atoms with van der Waals surface area (Å²) in [5.41, 5.74) is 0.812. The van der Waals surface area contributed by atoms with E-state index in [1.807, 2.05) is 6.92 Å². The van der Waals surface area contributed by atoms with E-state index < -0.39 is 11.6 Å². The SMILES string of the molecule is CCc1cc(CO)c(O)c(F)c1OC. The quantitative estimate of drug-likeness (QED) is 0.779. The van der Waals surface area contributed by atoms with Gasteiger partial charge in [0.2, 0.25) is 5.82 Å². The second kappa shape index (κ2) is 4.28. The second-order valence-corrected chi connectivity index (χ2v) is 2.90. The highest BCUT2D eigenvalue weighted by Crippen LogP contribution is 2.33. The van der Waals surface area contributed by atoms with Gasteiger partial charge in [-0.05, 0) is 18.1 Å².